The molecule has 32 heavy (non-hydrogen) atoms. The largest absolute Gasteiger partial charge is 0.325 e. The molecule has 0 fully saturated rings. The van der Waals surface area contributed by atoms with Crippen LogP contribution in [0.3, 0.4) is 0 Å². The smallest absolute Gasteiger partial charge is 0.266 e. The summed E-state index contributed by atoms with van der Waals surface area (Å²) in [6.45, 7) is 6.08. The van der Waals surface area contributed by atoms with Gasteiger partial charge in [0.05, 0.1) is 22.3 Å². The van der Waals surface area contributed by atoms with Crippen LogP contribution in [0.4, 0.5) is 5.69 Å². The summed E-state index contributed by atoms with van der Waals surface area (Å²) in [5, 5.41) is 3.99. The van der Waals surface area contributed by atoms with Gasteiger partial charge in [-0.2, -0.15) is 0 Å². The van der Waals surface area contributed by atoms with E-state index in [0.717, 1.165) is 34.5 Å². The van der Waals surface area contributed by atoms with Gasteiger partial charge in [0.15, 0.2) is 5.16 Å². The van der Waals surface area contributed by atoms with Gasteiger partial charge in [-0.3, -0.25) is 14.2 Å². The predicted octanol–water partition coefficient (Wildman–Crippen LogP) is 5.30. The van der Waals surface area contributed by atoms with Crippen molar-refractivity contribution >= 4 is 34.3 Å². The topological polar surface area (TPSA) is 64.0 Å². The molecule has 1 N–H and O–H groups in total. The Labute approximate surface area is 191 Å². The molecule has 1 amide bonds. The van der Waals surface area contributed by atoms with Crippen molar-refractivity contribution in [1.82, 2.24) is 9.55 Å². The number of hydrogen-bond acceptors (Lipinski definition) is 4. The third kappa shape index (κ3) is 4.60. The second-order valence-electron chi connectivity index (χ2n) is 7.73. The number of fused-ring (bicyclic) bond motifs is 1. The first-order valence-corrected chi connectivity index (χ1v) is 11.6. The highest BCUT2D eigenvalue weighted by Gasteiger charge is 2.16. The van der Waals surface area contributed by atoms with Gasteiger partial charge in [-0.15, -0.1) is 0 Å². The van der Waals surface area contributed by atoms with E-state index in [1.165, 1.54) is 11.8 Å². The van der Waals surface area contributed by atoms with Gasteiger partial charge in [0.1, 0.15) is 0 Å². The summed E-state index contributed by atoms with van der Waals surface area (Å²) in [4.78, 5) is 30.8. The van der Waals surface area contributed by atoms with E-state index in [1.807, 2.05) is 74.5 Å². The summed E-state index contributed by atoms with van der Waals surface area (Å²) in [7, 11) is 0. The molecular formula is C26H25N3O2S. The van der Waals surface area contributed by atoms with Crippen LogP contribution in [-0.2, 0) is 11.2 Å². The minimum atomic E-state index is -0.141. The summed E-state index contributed by atoms with van der Waals surface area (Å²) in [5.41, 5.74) is 5.29. The zero-order valence-corrected chi connectivity index (χ0v) is 19.2. The number of amides is 1. The van der Waals surface area contributed by atoms with Crippen LogP contribution >= 0.6 is 11.8 Å². The summed E-state index contributed by atoms with van der Waals surface area (Å²) >= 11 is 1.26. The van der Waals surface area contributed by atoms with Gasteiger partial charge in [0.25, 0.3) is 5.56 Å². The van der Waals surface area contributed by atoms with Crippen molar-refractivity contribution in [2.24, 2.45) is 0 Å². The zero-order chi connectivity index (χ0) is 22.7. The first kappa shape index (κ1) is 21.8. The van der Waals surface area contributed by atoms with Gasteiger partial charge in [0.2, 0.25) is 5.91 Å². The number of carbonyl (C=O) groups excluding carboxylic acids is 1. The van der Waals surface area contributed by atoms with E-state index in [0.29, 0.717) is 16.1 Å². The second kappa shape index (κ2) is 9.40. The number of aryl methyl sites for hydroxylation is 3. The minimum absolute atomic E-state index is 0.138. The molecule has 1 heterocycles. The molecule has 4 aromatic rings. The Morgan fingerprint density at radius 1 is 1.03 bits per heavy atom. The van der Waals surface area contributed by atoms with E-state index in [2.05, 4.69) is 12.2 Å². The molecule has 0 spiro atoms. The Morgan fingerprint density at radius 2 is 1.84 bits per heavy atom. The molecule has 0 unspecified atom stereocenters. The van der Waals surface area contributed by atoms with E-state index >= 15 is 0 Å². The van der Waals surface area contributed by atoms with Crippen molar-refractivity contribution < 1.29 is 4.79 Å². The van der Waals surface area contributed by atoms with Crippen molar-refractivity contribution in [1.29, 1.82) is 0 Å². The molecule has 3 aromatic carbocycles. The lowest BCUT2D eigenvalue weighted by molar-refractivity contribution is -0.113. The van der Waals surface area contributed by atoms with E-state index in [1.54, 1.807) is 10.6 Å². The van der Waals surface area contributed by atoms with Crippen molar-refractivity contribution in [2.75, 3.05) is 11.1 Å². The first-order chi connectivity index (χ1) is 15.5. The first-order valence-electron chi connectivity index (χ1n) is 10.6. The highest BCUT2D eigenvalue weighted by Crippen LogP contribution is 2.24. The van der Waals surface area contributed by atoms with Crippen molar-refractivity contribution in [3.63, 3.8) is 0 Å². The molecule has 5 nitrogen and oxygen atoms in total. The van der Waals surface area contributed by atoms with Crippen LogP contribution in [0.1, 0.15) is 23.6 Å². The van der Waals surface area contributed by atoms with Crippen molar-refractivity contribution in [3.8, 4) is 5.69 Å². The molecule has 162 valence electrons. The zero-order valence-electron chi connectivity index (χ0n) is 18.4. The van der Waals surface area contributed by atoms with E-state index in [9.17, 15) is 9.59 Å². The Kier molecular flexibility index (Phi) is 6.42. The maximum absolute atomic E-state index is 13.4. The third-order valence-electron chi connectivity index (χ3n) is 5.29. The van der Waals surface area contributed by atoms with Gasteiger partial charge in [-0.1, -0.05) is 60.6 Å². The van der Waals surface area contributed by atoms with Crippen LogP contribution in [0.15, 0.2) is 76.7 Å². The Morgan fingerprint density at radius 3 is 2.62 bits per heavy atom. The fraction of sp³-hybridized carbons (Fsp3) is 0.192. The van der Waals surface area contributed by atoms with Crippen molar-refractivity contribution in [3.05, 3.63) is 93.8 Å². The molecule has 0 aliphatic heterocycles. The van der Waals surface area contributed by atoms with E-state index in [4.69, 9.17) is 4.98 Å². The summed E-state index contributed by atoms with van der Waals surface area (Å²) in [6.07, 6.45) is 0.904. The number of thioether (sulfide) groups is 1. The number of hydrogen-bond donors (Lipinski definition) is 1. The normalized spacial score (nSPS) is 11.0. The molecule has 0 atom stereocenters. The molecule has 0 saturated heterocycles. The Bertz CT molecular complexity index is 1360. The average Bonchev–Trinajstić information content (AvgIpc) is 2.79. The van der Waals surface area contributed by atoms with Gasteiger partial charge >= 0.3 is 0 Å². The standard InChI is InChI=1S/C26H25N3O2S/c1-4-19-8-7-9-20(15-19)27-24(30)16-32-26-28-22-11-6-5-10-21(22)25(31)29(26)23-13-12-17(2)14-18(23)3/h5-15H,4,16H2,1-3H3,(H,27,30). The molecule has 1 aromatic heterocycles. The van der Waals surface area contributed by atoms with Crippen LogP contribution in [0.25, 0.3) is 16.6 Å². The molecule has 0 bridgehead atoms. The number of nitrogens with one attached hydrogen (secondary N) is 1. The third-order valence-corrected chi connectivity index (χ3v) is 6.23. The Hall–Kier alpha value is -3.38. The van der Waals surface area contributed by atoms with Gasteiger partial charge in [0, 0.05) is 5.69 Å². The number of nitrogens with zero attached hydrogens (tertiary/aromatic N) is 2. The molecule has 0 saturated carbocycles. The predicted molar refractivity (Wildman–Crippen MR) is 132 cm³/mol. The van der Waals surface area contributed by atoms with Crippen LogP contribution in [-0.4, -0.2) is 21.2 Å². The summed E-state index contributed by atoms with van der Waals surface area (Å²) in [6, 6.07) is 21.1. The van der Waals surface area contributed by atoms with Gasteiger partial charge < -0.3 is 5.32 Å². The molecule has 4 rings (SSSR count). The maximum Gasteiger partial charge on any atom is 0.266 e. The lowest BCUT2D eigenvalue weighted by Gasteiger charge is -2.15. The number of anilines is 1. The van der Waals surface area contributed by atoms with Crippen LogP contribution < -0.4 is 10.9 Å². The summed E-state index contributed by atoms with van der Waals surface area (Å²) in [5.74, 6) is 0.00399. The second-order valence-corrected chi connectivity index (χ2v) is 8.68. The molecule has 0 aliphatic rings. The number of aromatic nitrogens is 2. The van der Waals surface area contributed by atoms with E-state index < -0.39 is 0 Å². The maximum atomic E-state index is 13.4. The van der Waals surface area contributed by atoms with Gasteiger partial charge in [-0.05, 0) is 61.7 Å². The molecule has 0 radical (unpaired) electrons. The Balaban J connectivity index is 1.68. The average molecular weight is 444 g/mol. The number of para-hydroxylation sites is 1. The lowest BCUT2D eigenvalue weighted by Crippen LogP contribution is -2.23. The van der Waals surface area contributed by atoms with E-state index in [-0.39, 0.29) is 17.2 Å². The number of rotatable bonds is 6. The minimum Gasteiger partial charge on any atom is -0.325 e. The fourth-order valence-electron chi connectivity index (χ4n) is 3.67. The quantitative estimate of drug-likeness (QED) is 0.325. The molecule has 6 heteroatoms. The number of benzene rings is 3. The molecule has 0 aliphatic carbocycles. The SMILES string of the molecule is CCc1cccc(NC(=O)CSc2nc3ccccc3c(=O)n2-c2ccc(C)cc2C)c1. The molecular weight excluding hydrogens is 418 g/mol. The monoisotopic (exact) mass is 443 g/mol. The summed E-state index contributed by atoms with van der Waals surface area (Å²) < 4.78 is 1.62. The highest BCUT2D eigenvalue weighted by molar-refractivity contribution is 7.99. The van der Waals surface area contributed by atoms with Crippen LogP contribution in [0, 0.1) is 13.8 Å². The highest BCUT2D eigenvalue weighted by atomic mass is 32.2. The van der Waals surface area contributed by atoms with Crippen molar-refractivity contribution in [2.45, 2.75) is 32.3 Å². The van der Waals surface area contributed by atoms with Crippen LogP contribution in [0.5, 0.6) is 0 Å². The van der Waals surface area contributed by atoms with Gasteiger partial charge in [-0.25, -0.2) is 4.98 Å². The number of carbonyl (C=O) groups is 1. The van der Waals surface area contributed by atoms with Crippen LogP contribution in [0.2, 0.25) is 0 Å². The lowest BCUT2D eigenvalue weighted by atomic mass is 10.1. The fourth-order valence-corrected chi connectivity index (χ4v) is 4.48.